The van der Waals surface area contributed by atoms with Gasteiger partial charge in [0.05, 0.1) is 11.4 Å². The lowest BCUT2D eigenvalue weighted by atomic mass is 10.2. The number of aryl methyl sites for hydroxylation is 1. The van der Waals surface area contributed by atoms with E-state index in [2.05, 4.69) is 40.9 Å². The minimum absolute atomic E-state index is 0.241. The molecule has 9 heteroatoms. The molecule has 0 saturated heterocycles. The Morgan fingerprint density at radius 2 is 1.79 bits per heavy atom. The number of carbonyl (C=O) groups is 1. The van der Waals surface area contributed by atoms with Crippen LogP contribution in [-0.4, -0.2) is 30.3 Å². The third-order valence-corrected chi connectivity index (χ3v) is 5.30. The van der Waals surface area contributed by atoms with Crippen LogP contribution in [0.3, 0.4) is 0 Å². The molecule has 1 N–H and O–H groups in total. The largest absolute Gasteiger partial charge is 0.297 e. The molecule has 0 unspecified atom stereocenters. The van der Waals surface area contributed by atoms with Crippen molar-refractivity contribution >= 4 is 38.5 Å². The van der Waals surface area contributed by atoms with E-state index in [1.54, 1.807) is 16.8 Å². The van der Waals surface area contributed by atoms with Gasteiger partial charge in [0.1, 0.15) is 0 Å². The number of aromatic nitrogens is 5. The SMILES string of the molecule is Cc1ccc(-n2nnc(-c3nsc(NC(=O)c4ccc(Br)cc4)n3)c2C)cc1. The number of amides is 1. The Kier molecular flexibility index (Phi) is 5.01. The smallest absolute Gasteiger partial charge is 0.257 e. The fraction of sp³-hybridized carbons (Fsp3) is 0.105. The van der Waals surface area contributed by atoms with Gasteiger partial charge in [0.15, 0.2) is 11.5 Å². The minimum atomic E-state index is -0.241. The summed E-state index contributed by atoms with van der Waals surface area (Å²) in [5.41, 5.74) is 4.05. The summed E-state index contributed by atoms with van der Waals surface area (Å²) >= 11 is 4.46. The van der Waals surface area contributed by atoms with Crippen LogP contribution >= 0.6 is 27.5 Å². The topological polar surface area (TPSA) is 85.6 Å². The van der Waals surface area contributed by atoms with Crippen LogP contribution in [0.2, 0.25) is 0 Å². The highest BCUT2D eigenvalue weighted by Crippen LogP contribution is 2.24. The van der Waals surface area contributed by atoms with Gasteiger partial charge in [0.2, 0.25) is 5.13 Å². The minimum Gasteiger partial charge on any atom is -0.297 e. The lowest BCUT2D eigenvalue weighted by Gasteiger charge is -2.03. The molecule has 0 radical (unpaired) electrons. The maximum atomic E-state index is 12.3. The van der Waals surface area contributed by atoms with E-state index in [0.29, 0.717) is 22.2 Å². The summed E-state index contributed by atoms with van der Waals surface area (Å²) in [6, 6.07) is 15.1. The molecule has 0 atom stereocenters. The molecule has 4 rings (SSSR count). The maximum absolute atomic E-state index is 12.3. The number of halogens is 1. The van der Waals surface area contributed by atoms with Crippen LogP contribution < -0.4 is 5.32 Å². The van der Waals surface area contributed by atoms with E-state index in [9.17, 15) is 4.79 Å². The van der Waals surface area contributed by atoms with Crippen molar-refractivity contribution in [3.8, 4) is 17.2 Å². The highest BCUT2D eigenvalue weighted by Gasteiger charge is 2.17. The molecular weight excluding hydrogens is 440 g/mol. The van der Waals surface area contributed by atoms with Gasteiger partial charge >= 0.3 is 0 Å². The fourth-order valence-corrected chi connectivity index (χ4v) is 3.44. The number of hydrogen-bond donors (Lipinski definition) is 1. The van der Waals surface area contributed by atoms with Gasteiger partial charge < -0.3 is 0 Å². The highest BCUT2D eigenvalue weighted by atomic mass is 79.9. The van der Waals surface area contributed by atoms with Gasteiger partial charge in [-0.05, 0) is 50.2 Å². The van der Waals surface area contributed by atoms with Crippen LogP contribution in [0.25, 0.3) is 17.2 Å². The zero-order valence-electron chi connectivity index (χ0n) is 15.0. The van der Waals surface area contributed by atoms with Gasteiger partial charge in [-0.15, -0.1) is 5.10 Å². The molecule has 0 aliphatic rings. The molecule has 7 nitrogen and oxygen atoms in total. The third kappa shape index (κ3) is 3.71. The van der Waals surface area contributed by atoms with Crippen LogP contribution in [0.15, 0.2) is 53.0 Å². The molecule has 0 aliphatic carbocycles. The van der Waals surface area contributed by atoms with Gasteiger partial charge in [0.25, 0.3) is 5.91 Å². The summed E-state index contributed by atoms with van der Waals surface area (Å²) in [5.74, 6) is 0.196. The fourth-order valence-electron chi connectivity index (χ4n) is 2.61. The first-order valence-corrected chi connectivity index (χ1v) is 9.98. The molecule has 0 fully saturated rings. The predicted octanol–water partition coefficient (Wildman–Crippen LogP) is 4.42. The Labute approximate surface area is 173 Å². The molecule has 2 aromatic carbocycles. The second kappa shape index (κ2) is 7.61. The highest BCUT2D eigenvalue weighted by molar-refractivity contribution is 9.10. The van der Waals surface area contributed by atoms with Crippen LogP contribution in [0.4, 0.5) is 5.13 Å². The molecule has 0 spiro atoms. The van der Waals surface area contributed by atoms with Crippen molar-refractivity contribution in [3.05, 3.63) is 69.8 Å². The molecule has 4 aromatic rings. The summed E-state index contributed by atoms with van der Waals surface area (Å²) in [6.45, 7) is 3.95. The Morgan fingerprint density at radius 1 is 1.07 bits per heavy atom. The van der Waals surface area contributed by atoms with Crippen LogP contribution in [0, 0.1) is 13.8 Å². The van der Waals surface area contributed by atoms with Gasteiger partial charge in [-0.1, -0.05) is 38.8 Å². The first-order chi connectivity index (χ1) is 13.5. The number of nitrogens with one attached hydrogen (secondary N) is 1. The molecule has 2 heterocycles. The molecule has 0 saturated carbocycles. The van der Waals surface area contributed by atoms with E-state index in [-0.39, 0.29) is 5.91 Å². The number of rotatable bonds is 4. The van der Waals surface area contributed by atoms with Crippen molar-refractivity contribution in [2.75, 3.05) is 5.32 Å². The summed E-state index contributed by atoms with van der Waals surface area (Å²) in [7, 11) is 0. The summed E-state index contributed by atoms with van der Waals surface area (Å²) in [6.07, 6.45) is 0. The Bertz CT molecular complexity index is 1130. The van der Waals surface area contributed by atoms with Gasteiger partial charge in [-0.3, -0.25) is 10.1 Å². The normalized spacial score (nSPS) is 10.8. The van der Waals surface area contributed by atoms with Crippen molar-refractivity contribution < 1.29 is 4.79 Å². The summed E-state index contributed by atoms with van der Waals surface area (Å²) in [4.78, 5) is 16.7. The zero-order valence-corrected chi connectivity index (χ0v) is 17.5. The second-order valence-electron chi connectivity index (χ2n) is 6.15. The van der Waals surface area contributed by atoms with Crippen molar-refractivity contribution in [2.45, 2.75) is 13.8 Å². The van der Waals surface area contributed by atoms with E-state index >= 15 is 0 Å². The van der Waals surface area contributed by atoms with Crippen LogP contribution in [0.1, 0.15) is 21.6 Å². The first-order valence-electron chi connectivity index (χ1n) is 8.41. The van der Waals surface area contributed by atoms with E-state index in [1.165, 1.54) is 5.56 Å². The lowest BCUT2D eigenvalue weighted by molar-refractivity contribution is 0.102. The molecule has 2 aromatic heterocycles. The van der Waals surface area contributed by atoms with Crippen molar-refractivity contribution in [2.24, 2.45) is 0 Å². The van der Waals surface area contributed by atoms with Crippen molar-refractivity contribution in [1.82, 2.24) is 24.4 Å². The second-order valence-corrected chi connectivity index (χ2v) is 7.82. The van der Waals surface area contributed by atoms with E-state index in [4.69, 9.17) is 0 Å². The Hall–Kier alpha value is -2.91. The van der Waals surface area contributed by atoms with Crippen LogP contribution in [0.5, 0.6) is 0 Å². The number of anilines is 1. The first kappa shape index (κ1) is 18.5. The number of nitrogens with zero attached hydrogens (tertiary/aromatic N) is 5. The summed E-state index contributed by atoms with van der Waals surface area (Å²) in [5, 5.41) is 11.6. The molecular formula is C19H15BrN6OS. The standard InChI is InChI=1S/C19H15BrN6OS/c1-11-3-9-15(10-4-11)26-12(2)16(23-25-26)17-21-19(28-24-17)22-18(27)13-5-7-14(20)8-6-13/h3-10H,1-2H3,(H,21,22,24,27). The van der Waals surface area contributed by atoms with Crippen molar-refractivity contribution in [3.63, 3.8) is 0 Å². The Morgan fingerprint density at radius 3 is 2.50 bits per heavy atom. The molecule has 1 amide bonds. The quantitative estimate of drug-likeness (QED) is 0.493. The monoisotopic (exact) mass is 454 g/mol. The third-order valence-electron chi connectivity index (χ3n) is 4.14. The maximum Gasteiger partial charge on any atom is 0.257 e. The summed E-state index contributed by atoms with van der Waals surface area (Å²) < 4.78 is 6.98. The molecule has 0 aliphatic heterocycles. The van der Waals surface area contributed by atoms with E-state index in [1.807, 2.05) is 50.2 Å². The van der Waals surface area contributed by atoms with Crippen LogP contribution in [-0.2, 0) is 0 Å². The molecule has 28 heavy (non-hydrogen) atoms. The average Bonchev–Trinajstić information content (AvgIpc) is 3.29. The number of hydrogen-bond acceptors (Lipinski definition) is 6. The lowest BCUT2D eigenvalue weighted by Crippen LogP contribution is -2.11. The number of benzene rings is 2. The average molecular weight is 455 g/mol. The zero-order chi connectivity index (χ0) is 19.7. The van der Waals surface area contributed by atoms with Gasteiger partial charge in [-0.25, -0.2) is 4.68 Å². The molecule has 0 bridgehead atoms. The van der Waals surface area contributed by atoms with E-state index < -0.39 is 0 Å². The van der Waals surface area contributed by atoms with E-state index in [0.717, 1.165) is 27.4 Å². The predicted molar refractivity (Wildman–Crippen MR) is 112 cm³/mol. The number of carbonyl (C=O) groups excluding carboxylic acids is 1. The molecule has 140 valence electrons. The van der Waals surface area contributed by atoms with Gasteiger partial charge in [0, 0.05) is 21.6 Å². The van der Waals surface area contributed by atoms with Crippen molar-refractivity contribution in [1.29, 1.82) is 0 Å². The van der Waals surface area contributed by atoms with Gasteiger partial charge in [-0.2, -0.15) is 9.36 Å². The Balaban J connectivity index is 1.55.